The average Bonchev–Trinajstić information content (AvgIpc) is 3.69. The molecular formula is C31H40F2N10O3S. The lowest BCUT2D eigenvalue weighted by atomic mass is 9.99. The molecule has 0 bridgehead atoms. The third-order valence-corrected chi connectivity index (χ3v) is 9.45. The number of nitrogens with two attached hydrogens (primary N) is 2. The average molecular weight is 671 g/mol. The van der Waals surface area contributed by atoms with Crippen molar-refractivity contribution < 1.29 is 23.0 Å². The van der Waals surface area contributed by atoms with E-state index in [4.69, 9.17) is 21.1 Å². The summed E-state index contributed by atoms with van der Waals surface area (Å²) < 4.78 is 38.8. The van der Waals surface area contributed by atoms with E-state index < -0.39 is 18.6 Å². The first-order valence-corrected chi connectivity index (χ1v) is 16.8. The van der Waals surface area contributed by atoms with Crippen LogP contribution in [0.15, 0.2) is 71.5 Å². The maximum absolute atomic E-state index is 13.5. The fourth-order valence-electron chi connectivity index (χ4n) is 6.35. The molecule has 2 aromatic heterocycles. The molecular weight excluding hydrogens is 630 g/mol. The van der Waals surface area contributed by atoms with Crippen LogP contribution in [0.4, 0.5) is 8.78 Å². The van der Waals surface area contributed by atoms with Gasteiger partial charge in [0, 0.05) is 79.3 Å². The number of likely N-dealkylation sites (tertiary alicyclic amines) is 1. The zero-order valence-electron chi connectivity index (χ0n) is 26.1. The van der Waals surface area contributed by atoms with E-state index in [1.807, 2.05) is 6.26 Å². The van der Waals surface area contributed by atoms with Gasteiger partial charge < -0.3 is 35.4 Å². The summed E-state index contributed by atoms with van der Waals surface area (Å²) in [6.45, 7) is 0.752. The molecule has 1 amide bonds. The highest BCUT2D eigenvalue weighted by molar-refractivity contribution is 7.98. The number of thioether (sulfide) groups is 1. The minimum atomic E-state index is -3.03. The number of ether oxygens (including phenoxy) is 2. The summed E-state index contributed by atoms with van der Waals surface area (Å²) in [5, 5.41) is 10.5. The monoisotopic (exact) mass is 670 g/mol. The van der Waals surface area contributed by atoms with E-state index in [0.717, 1.165) is 56.9 Å². The maximum atomic E-state index is 13.5. The second-order valence-electron chi connectivity index (χ2n) is 11.7. The number of hydrogen-bond donors (Lipinski definition) is 4. The van der Waals surface area contributed by atoms with Crippen LogP contribution in [0, 0.1) is 0 Å². The van der Waals surface area contributed by atoms with Crippen LogP contribution in [0.3, 0.4) is 0 Å². The van der Waals surface area contributed by atoms with Gasteiger partial charge in [0.1, 0.15) is 11.3 Å². The molecule has 2 fully saturated rings. The van der Waals surface area contributed by atoms with Crippen molar-refractivity contribution in [3.05, 3.63) is 77.8 Å². The summed E-state index contributed by atoms with van der Waals surface area (Å²) in [6.07, 6.45) is 14.0. The van der Waals surface area contributed by atoms with Crippen LogP contribution < -0.4 is 27.1 Å². The van der Waals surface area contributed by atoms with E-state index in [1.165, 1.54) is 28.5 Å². The molecule has 1 unspecified atom stereocenters. The molecule has 1 atom stereocenters. The Kier molecular flexibility index (Phi) is 10.4. The Hall–Kier alpha value is -3.96. The van der Waals surface area contributed by atoms with Crippen molar-refractivity contribution >= 4 is 23.3 Å². The van der Waals surface area contributed by atoms with Gasteiger partial charge >= 0.3 is 6.61 Å². The number of carbonyl (C=O) groups is 1. The number of halogens is 2. The molecule has 5 heterocycles. The van der Waals surface area contributed by atoms with Gasteiger partial charge in [0.15, 0.2) is 5.65 Å². The van der Waals surface area contributed by atoms with Crippen molar-refractivity contribution in [3.8, 4) is 5.75 Å². The summed E-state index contributed by atoms with van der Waals surface area (Å²) >= 11 is 1.46. The van der Waals surface area contributed by atoms with Gasteiger partial charge in [-0.15, -0.1) is 11.8 Å². The minimum absolute atomic E-state index is 0.0151. The molecule has 0 saturated carbocycles. The molecule has 2 saturated heterocycles. The fourth-order valence-corrected chi connectivity index (χ4v) is 6.80. The Labute approximate surface area is 275 Å². The summed E-state index contributed by atoms with van der Waals surface area (Å²) in [7, 11) is 0. The van der Waals surface area contributed by atoms with E-state index in [9.17, 15) is 13.6 Å². The second-order valence-corrected chi connectivity index (χ2v) is 12.6. The minimum Gasteiger partial charge on any atom is -0.434 e. The number of amides is 1. The topological polar surface area (TPSA) is 152 Å². The molecule has 252 valence electrons. The standard InChI is InChI=1S/C31H40F2N10O3S/c1-47-23-3-4-27(46-31(32)33)24(15-23)28-26(38-30(44)25-16-37-43-10-2-9-36-29(25)43)19-41(39-28)17-20(34)18-42(35)22-5-11-40(12-6-22)21-7-13-45-14-8-21/h2-4,9-10,15-16,18-19,21-22,28,31,39H,5-8,11-14,17,34-35H2,1H3,(H,38,44)/b20-18-. The first-order chi connectivity index (χ1) is 22.8. The van der Waals surface area contributed by atoms with Crippen LogP contribution in [-0.4, -0.2) is 93.2 Å². The molecule has 3 aromatic rings. The maximum Gasteiger partial charge on any atom is 0.387 e. The number of hydrazine groups is 2. The number of nitrogens with one attached hydrogen (secondary N) is 2. The van der Waals surface area contributed by atoms with Gasteiger partial charge in [-0.1, -0.05) is 0 Å². The smallest absolute Gasteiger partial charge is 0.387 e. The van der Waals surface area contributed by atoms with Crippen LogP contribution in [0.1, 0.15) is 47.6 Å². The predicted octanol–water partition coefficient (Wildman–Crippen LogP) is 2.80. The zero-order chi connectivity index (χ0) is 32.9. The summed E-state index contributed by atoms with van der Waals surface area (Å²) in [4.78, 5) is 21.1. The first-order valence-electron chi connectivity index (χ1n) is 15.6. The number of alkyl halides is 2. The Morgan fingerprint density at radius 1 is 1.28 bits per heavy atom. The highest BCUT2D eigenvalue weighted by atomic mass is 32.2. The number of aromatic nitrogens is 3. The molecule has 0 spiro atoms. The van der Waals surface area contributed by atoms with Crippen molar-refractivity contribution in [2.75, 3.05) is 39.1 Å². The Bertz CT molecular complexity index is 1610. The molecule has 6 N–H and O–H groups in total. The molecule has 6 rings (SSSR count). The molecule has 3 aliphatic heterocycles. The van der Waals surface area contributed by atoms with E-state index in [0.29, 0.717) is 28.6 Å². The summed E-state index contributed by atoms with van der Waals surface area (Å²) in [5.74, 6) is 6.01. The van der Waals surface area contributed by atoms with Gasteiger partial charge in [-0.3, -0.25) is 4.79 Å². The van der Waals surface area contributed by atoms with Crippen molar-refractivity contribution in [2.45, 2.75) is 55.3 Å². The quantitative estimate of drug-likeness (QED) is 0.135. The normalized spacial score (nSPS) is 20.2. The van der Waals surface area contributed by atoms with Crippen LogP contribution in [0.2, 0.25) is 0 Å². The lowest BCUT2D eigenvalue weighted by Gasteiger charge is -2.41. The molecule has 16 heteroatoms. The molecule has 13 nitrogen and oxygen atoms in total. The summed E-state index contributed by atoms with van der Waals surface area (Å²) in [5.41, 5.74) is 11.7. The number of rotatable bonds is 11. The van der Waals surface area contributed by atoms with Gasteiger partial charge in [-0.05, 0) is 56.2 Å². The van der Waals surface area contributed by atoms with Gasteiger partial charge in [-0.2, -0.15) is 13.9 Å². The van der Waals surface area contributed by atoms with E-state index >= 15 is 0 Å². The third kappa shape index (κ3) is 7.79. The van der Waals surface area contributed by atoms with Crippen LogP contribution >= 0.6 is 11.8 Å². The molecule has 0 aliphatic carbocycles. The van der Waals surface area contributed by atoms with E-state index in [2.05, 4.69) is 25.7 Å². The van der Waals surface area contributed by atoms with Crippen molar-refractivity contribution in [1.29, 1.82) is 0 Å². The molecule has 0 radical (unpaired) electrons. The number of piperidine rings is 1. The number of benzene rings is 1. The highest BCUT2D eigenvalue weighted by Crippen LogP contribution is 2.36. The number of fused-ring (bicyclic) bond motifs is 1. The first kappa shape index (κ1) is 33.0. The third-order valence-electron chi connectivity index (χ3n) is 8.72. The Balaban J connectivity index is 1.19. The number of hydrogen-bond acceptors (Lipinski definition) is 12. The largest absolute Gasteiger partial charge is 0.434 e. The van der Waals surface area contributed by atoms with Crippen LogP contribution in [-0.2, 0) is 4.74 Å². The molecule has 1 aromatic carbocycles. The van der Waals surface area contributed by atoms with Gasteiger partial charge in [0.2, 0.25) is 0 Å². The van der Waals surface area contributed by atoms with Gasteiger partial charge in [0.05, 0.1) is 24.5 Å². The zero-order valence-corrected chi connectivity index (χ0v) is 26.9. The van der Waals surface area contributed by atoms with Gasteiger partial charge in [-0.25, -0.2) is 20.8 Å². The second kappa shape index (κ2) is 14.9. The van der Waals surface area contributed by atoms with Crippen molar-refractivity contribution in [3.63, 3.8) is 0 Å². The van der Waals surface area contributed by atoms with E-state index in [-0.39, 0.29) is 23.9 Å². The van der Waals surface area contributed by atoms with Crippen LogP contribution in [0.25, 0.3) is 5.65 Å². The van der Waals surface area contributed by atoms with Crippen molar-refractivity contribution in [2.24, 2.45) is 11.6 Å². The fraction of sp³-hybridized carbons (Fsp3) is 0.452. The number of carbonyl (C=O) groups excluding carboxylic acids is 1. The number of nitrogens with zero attached hydrogens (tertiary/aromatic N) is 6. The highest BCUT2D eigenvalue weighted by Gasteiger charge is 2.32. The molecule has 47 heavy (non-hydrogen) atoms. The SMILES string of the molecule is CSc1ccc(OC(F)F)c(C2NN(C/C(N)=C/N(N)C3CCN(C4CCOCC4)CC3)C=C2NC(=O)c2cnn3cccnc23)c1. The lowest BCUT2D eigenvalue weighted by Crippen LogP contribution is -2.50. The molecule has 3 aliphatic rings. The summed E-state index contributed by atoms with van der Waals surface area (Å²) in [6, 6.07) is 6.64. The van der Waals surface area contributed by atoms with Gasteiger partial charge in [0.25, 0.3) is 5.91 Å². The Morgan fingerprint density at radius 3 is 2.81 bits per heavy atom. The Morgan fingerprint density at radius 2 is 2.06 bits per heavy atom. The van der Waals surface area contributed by atoms with E-state index in [1.54, 1.807) is 53.0 Å². The lowest BCUT2D eigenvalue weighted by molar-refractivity contribution is -0.0507. The van der Waals surface area contributed by atoms with Crippen molar-refractivity contribution in [1.82, 2.24) is 40.3 Å². The predicted molar refractivity (Wildman–Crippen MR) is 173 cm³/mol. The van der Waals surface area contributed by atoms with Crippen LogP contribution in [0.5, 0.6) is 5.75 Å².